The van der Waals surface area contributed by atoms with Gasteiger partial charge in [0, 0.05) is 50.0 Å². The lowest BCUT2D eigenvalue weighted by molar-refractivity contribution is -0.121. The Balaban J connectivity index is 1.38. The van der Waals surface area contributed by atoms with Gasteiger partial charge in [0.15, 0.2) is 5.82 Å². The van der Waals surface area contributed by atoms with Crippen LogP contribution < -0.4 is 15.9 Å². The van der Waals surface area contributed by atoms with Crippen molar-refractivity contribution in [2.75, 3.05) is 11.4 Å². The summed E-state index contributed by atoms with van der Waals surface area (Å²) in [5, 5.41) is 7.07. The molecule has 0 radical (unpaired) electrons. The molecule has 2 aromatic heterocycles. The van der Waals surface area contributed by atoms with E-state index in [1.165, 1.54) is 9.25 Å². The highest BCUT2D eigenvalue weighted by molar-refractivity contribution is 6.19. The van der Waals surface area contributed by atoms with E-state index in [2.05, 4.69) is 15.4 Å². The number of anilines is 1. The number of nitrogens with zero attached hydrogens (tertiary/aromatic N) is 5. The van der Waals surface area contributed by atoms with E-state index >= 15 is 0 Å². The van der Waals surface area contributed by atoms with Crippen molar-refractivity contribution in [3.8, 4) is 11.4 Å². The van der Waals surface area contributed by atoms with Gasteiger partial charge < -0.3 is 5.32 Å². The lowest BCUT2D eigenvalue weighted by atomic mass is 10.2. The van der Waals surface area contributed by atoms with Crippen molar-refractivity contribution in [2.45, 2.75) is 19.4 Å². The van der Waals surface area contributed by atoms with E-state index in [4.69, 9.17) is 0 Å². The highest BCUT2D eigenvalue weighted by atomic mass is 16.2. The number of benzene rings is 1. The first kappa shape index (κ1) is 20.2. The fraction of sp³-hybridized carbons (Fsp3) is 0.238. The summed E-state index contributed by atoms with van der Waals surface area (Å²) < 4.78 is 2.72. The molecule has 0 aliphatic carbocycles. The summed E-state index contributed by atoms with van der Waals surface area (Å²) >= 11 is 0. The Hall–Kier alpha value is -4.08. The van der Waals surface area contributed by atoms with Crippen LogP contribution in [0.5, 0.6) is 0 Å². The predicted octanol–water partition coefficient (Wildman–Crippen LogP) is 0.727. The Morgan fingerprint density at radius 2 is 1.77 bits per heavy atom. The molecule has 158 valence electrons. The van der Waals surface area contributed by atoms with Crippen LogP contribution in [0.25, 0.3) is 11.4 Å². The minimum Gasteiger partial charge on any atom is -0.350 e. The summed E-state index contributed by atoms with van der Waals surface area (Å²) in [5.41, 5.74) is 1.26. The second-order valence-electron chi connectivity index (χ2n) is 7.06. The average molecular weight is 420 g/mol. The van der Waals surface area contributed by atoms with Gasteiger partial charge >= 0.3 is 5.69 Å². The van der Waals surface area contributed by atoms with Crippen LogP contribution in [0.1, 0.15) is 23.2 Å². The summed E-state index contributed by atoms with van der Waals surface area (Å²) in [6, 6.07) is 9.82. The molecule has 0 atom stereocenters. The van der Waals surface area contributed by atoms with E-state index in [1.54, 1.807) is 49.8 Å². The quantitative estimate of drug-likeness (QED) is 0.587. The molecule has 31 heavy (non-hydrogen) atoms. The topological polar surface area (TPSA) is 119 Å². The first-order valence-electron chi connectivity index (χ1n) is 9.74. The van der Waals surface area contributed by atoms with Gasteiger partial charge in [-0.1, -0.05) is 0 Å². The largest absolute Gasteiger partial charge is 0.350 e. The monoisotopic (exact) mass is 420 g/mol. The van der Waals surface area contributed by atoms with E-state index in [9.17, 15) is 19.2 Å². The molecule has 10 nitrogen and oxygen atoms in total. The number of rotatable bonds is 6. The molecule has 1 saturated heterocycles. The molecule has 0 saturated carbocycles. The van der Waals surface area contributed by atoms with Gasteiger partial charge in [0.05, 0.1) is 12.2 Å². The molecule has 1 aromatic carbocycles. The molecule has 0 spiro atoms. The van der Waals surface area contributed by atoms with Crippen molar-refractivity contribution in [1.29, 1.82) is 0 Å². The van der Waals surface area contributed by atoms with Crippen LogP contribution in [-0.2, 0) is 23.2 Å². The van der Waals surface area contributed by atoms with Gasteiger partial charge in [0.2, 0.25) is 11.8 Å². The Labute approximate surface area is 177 Å². The zero-order chi connectivity index (χ0) is 22.0. The molecule has 0 unspecified atom stereocenters. The maximum atomic E-state index is 12.4. The number of nitrogens with one attached hydrogen (secondary N) is 1. The molecule has 3 heterocycles. The Kier molecular flexibility index (Phi) is 5.44. The standard InChI is InChI=1S/C21H20N6O4/c1-25-19(15-3-2-10-22-13-15)24-26(21(25)31)12-11-23-20(30)14-4-6-16(7-5-14)27-17(28)8-9-18(27)29/h2-7,10,13H,8-9,11-12H2,1H3,(H,23,30). The fourth-order valence-electron chi connectivity index (χ4n) is 3.38. The fourth-order valence-corrected chi connectivity index (χ4v) is 3.38. The van der Waals surface area contributed by atoms with Crippen molar-refractivity contribution in [3.63, 3.8) is 0 Å². The lowest BCUT2D eigenvalue weighted by Gasteiger charge is -2.14. The summed E-state index contributed by atoms with van der Waals surface area (Å²) in [6.07, 6.45) is 3.68. The zero-order valence-electron chi connectivity index (χ0n) is 16.8. The van der Waals surface area contributed by atoms with E-state index in [0.717, 1.165) is 10.5 Å². The maximum Gasteiger partial charge on any atom is 0.345 e. The van der Waals surface area contributed by atoms with E-state index < -0.39 is 0 Å². The highest BCUT2D eigenvalue weighted by Gasteiger charge is 2.30. The predicted molar refractivity (Wildman–Crippen MR) is 111 cm³/mol. The molecule has 0 bridgehead atoms. The first-order valence-corrected chi connectivity index (χ1v) is 9.74. The lowest BCUT2D eigenvalue weighted by Crippen LogP contribution is -2.32. The van der Waals surface area contributed by atoms with Crippen LogP contribution >= 0.6 is 0 Å². The van der Waals surface area contributed by atoms with Crippen molar-refractivity contribution in [3.05, 3.63) is 64.8 Å². The average Bonchev–Trinajstić information content (AvgIpc) is 3.27. The molecule has 3 amide bonds. The van der Waals surface area contributed by atoms with Crippen LogP contribution in [0.2, 0.25) is 0 Å². The smallest absolute Gasteiger partial charge is 0.345 e. The zero-order valence-corrected chi connectivity index (χ0v) is 16.8. The minimum atomic E-state index is -0.331. The van der Waals surface area contributed by atoms with Gasteiger partial charge in [-0.25, -0.2) is 9.48 Å². The summed E-state index contributed by atoms with van der Waals surface area (Å²) in [5.74, 6) is -0.324. The summed E-state index contributed by atoms with van der Waals surface area (Å²) in [4.78, 5) is 53.6. The molecule has 1 fully saturated rings. The molecule has 1 aliphatic rings. The van der Waals surface area contributed by atoms with Crippen LogP contribution in [0.15, 0.2) is 53.6 Å². The number of hydrogen-bond acceptors (Lipinski definition) is 6. The molecular formula is C21H20N6O4. The third-order valence-corrected chi connectivity index (χ3v) is 5.01. The summed E-state index contributed by atoms with van der Waals surface area (Å²) in [7, 11) is 1.63. The number of pyridine rings is 1. The van der Waals surface area contributed by atoms with Gasteiger partial charge in [-0.05, 0) is 36.4 Å². The van der Waals surface area contributed by atoms with Crippen LogP contribution in [0.3, 0.4) is 0 Å². The van der Waals surface area contributed by atoms with Gasteiger partial charge in [-0.2, -0.15) is 0 Å². The third kappa shape index (κ3) is 4.00. The van der Waals surface area contributed by atoms with Gasteiger partial charge in [0.1, 0.15) is 0 Å². The van der Waals surface area contributed by atoms with Crippen LogP contribution in [0.4, 0.5) is 5.69 Å². The van der Waals surface area contributed by atoms with Crippen molar-refractivity contribution in [1.82, 2.24) is 24.6 Å². The SMILES string of the molecule is Cn1c(-c2cccnc2)nn(CCNC(=O)c2ccc(N3C(=O)CCC3=O)cc2)c1=O. The summed E-state index contributed by atoms with van der Waals surface area (Å²) in [6.45, 7) is 0.403. The second-order valence-corrected chi connectivity index (χ2v) is 7.06. The molecule has 1 aliphatic heterocycles. The molecule has 3 aromatic rings. The maximum absolute atomic E-state index is 12.4. The molecule has 4 rings (SSSR count). The first-order chi connectivity index (χ1) is 15.0. The number of carbonyl (C=O) groups excluding carboxylic acids is 3. The van der Waals surface area contributed by atoms with Crippen molar-refractivity contribution < 1.29 is 14.4 Å². The van der Waals surface area contributed by atoms with E-state index in [-0.39, 0.29) is 49.3 Å². The Morgan fingerprint density at radius 3 is 2.42 bits per heavy atom. The highest BCUT2D eigenvalue weighted by Crippen LogP contribution is 2.22. The van der Waals surface area contributed by atoms with Gasteiger partial charge in [-0.3, -0.25) is 28.8 Å². The number of carbonyl (C=O) groups is 3. The van der Waals surface area contributed by atoms with Crippen LogP contribution in [0, 0.1) is 0 Å². The molecule has 1 N–H and O–H groups in total. The van der Waals surface area contributed by atoms with Crippen molar-refractivity contribution >= 4 is 23.4 Å². The van der Waals surface area contributed by atoms with Crippen molar-refractivity contribution in [2.24, 2.45) is 7.05 Å². The normalized spacial score (nSPS) is 13.6. The van der Waals surface area contributed by atoms with Gasteiger partial charge in [0.25, 0.3) is 5.91 Å². The van der Waals surface area contributed by atoms with E-state index in [0.29, 0.717) is 17.1 Å². The third-order valence-electron chi connectivity index (χ3n) is 5.01. The second kappa shape index (κ2) is 8.34. The number of hydrogen-bond donors (Lipinski definition) is 1. The number of amides is 3. The Morgan fingerprint density at radius 1 is 1.06 bits per heavy atom. The van der Waals surface area contributed by atoms with E-state index in [1.807, 2.05) is 6.07 Å². The molecular weight excluding hydrogens is 400 g/mol. The molecule has 10 heteroatoms. The number of imide groups is 1. The minimum absolute atomic E-state index is 0.201. The van der Waals surface area contributed by atoms with Gasteiger partial charge in [-0.15, -0.1) is 5.10 Å². The Bertz CT molecular complexity index is 1180. The number of aromatic nitrogens is 4. The van der Waals surface area contributed by atoms with Crippen LogP contribution in [-0.4, -0.2) is 43.6 Å².